The van der Waals surface area contributed by atoms with Crippen LogP contribution in [0.3, 0.4) is 0 Å². The third-order valence-electron chi connectivity index (χ3n) is 5.68. The number of piperazine rings is 1. The molecule has 3 heterocycles. The average Bonchev–Trinajstić information content (AvgIpc) is 3.19. The van der Waals surface area contributed by atoms with Crippen LogP contribution in [-0.2, 0) is 11.2 Å². The van der Waals surface area contributed by atoms with Crippen molar-refractivity contribution < 1.29 is 4.79 Å². The number of carbonyl (C=O) groups excluding carboxylic acids is 1. The summed E-state index contributed by atoms with van der Waals surface area (Å²) in [5, 5.41) is 7.68. The van der Waals surface area contributed by atoms with Crippen LogP contribution < -0.4 is 10.2 Å². The Morgan fingerprint density at radius 1 is 1.03 bits per heavy atom. The number of rotatable bonds is 8. The van der Waals surface area contributed by atoms with Crippen LogP contribution in [0, 0.1) is 6.92 Å². The lowest BCUT2D eigenvalue weighted by Crippen LogP contribution is -2.49. The number of carbonyl (C=O) groups is 1. The topological polar surface area (TPSA) is 66.3 Å². The van der Waals surface area contributed by atoms with Gasteiger partial charge in [-0.05, 0) is 49.6 Å². The van der Waals surface area contributed by atoms with Gasteiger partial charge in [-0.3, -0.25) is 9.69 Å². The van der Waals surface area contributed by atoms with Gasteiger partial charge in [-0.1, -0.05) is 24.3 Å². The van der Waals surface area contributed by atoms with E-state index in [1.165, 1.54) is 5.56 Å². The van der Waals surface area contributed by atoms with E-state index < -0.39 is 0 Å². The van der Waals surface area contributed by atoms with E-state index in [9.17, 15) is 4.79 Å². The first-order chi connectivity index (χ1) is 15.2. The van der Waals surface area contributed by atoms with Gasteiger partial charge in [0.1, 0.15) is 5.82 Å². The Bertz CT molecular complexity index is 964. The second-order valence-electron chi connectivity index (χ2n) is 7.92. The SMILES string of the molecule is Cc1nn(-c2ccccc2)cc1CCCNC(=O)CN1CCN(c2ccccn2)CC1. The molecular formula is C24H30N6O. The normalized spacial score (nSPS) is 14.5. The van der Waals surface area contributed by atoms with Crippen molar-refractivity contribution in [1.82, 2.24) is 25.0 Å². The molecule has 162 valence electrons. The van der Waals surface area contributed by atoms with Gasteiger partial charge < -0.3 is 10.2 Å². The van der Waals surface area contributed by atoms with E-state index in [0.29, 0.717) is 13.1 Å². The van der Waals surface area contributed by atoms with E-state index in [1.54, 1.807) is 0 Å². The molecule has 1 saturated heterocycles. The van der Waals surface area contributed by atoms with E-state index in [4.69, 9.17) is 0 Å². The van der Waals surface area contributed by atoms with Crippen LogP contribution in [0.25, 0.3) is 5.69 Å². The largest absolute Gasteiger partial charge is 0.355 e. The van der Waals surface area contributed by atoms with Gasteiger partial charge in [0, 0.05) is 45.1 Å². The molecule has 0 atom stereocenters. The molecule has 1 aliphatic rings. The molecule has 0 spiro atoms. The molecular weight excluding hydrogens is 388 g/mol. The van der Waals surface area contributed by atoms with Crippen molar-refractivity contribution >= 4 is 11.7 Å². The summed E-state index contributed by atoms with van der Waals surface area (Å²) in [6.07, 6.45) is 5.72. The number of aryl methyl sites for hydroxylation is 2. The highest BCUT2D eigenvalue weighted by atomic mass is 16.2. The fraction of sp³-hybridized carbons (Fsp3) is 0.375. The number of anilines is 1. The van der Waals surface area contributed by atoms with Crippen molar-refractivity contribution in [3.63, 3.8) is 0 Å². The highest BCUT2D eigenvalue weighted by molar-refractivity contribution is 5.78. The number of pyridine rings is 1. The Morgan fingerprint density at radius 3 is 2.55 bits per heavy atom. The minimum absolute atomic E-state index is 0.1000. The van der Waals surface area contributed by atoms with Crippen molar-refractivity contribution in [2.75, 3.05) is 44.2 Å². The van der Waals surface area contributed by atoms with Gasteiger partial charge in [0.15, 0.2) is 0 Å². The zero-order valence-electron chi connectivity index (χ0n) is 18.1. The fourth-order valence-corrected chi connectivity index (χ4v) is 3.90. The first-order valence-electron chi connectivity index (χ1n) is 10.9. The number of hydrogen-bond acceptors (Lipinski definition) is 5. The quantitative estimate of drug-likeness (QED) is 0.569. The van der Waals surface area contributed by atoms with Gasteiger partial charge in [-0.15, -0.1) is 0 Å². The van der Waals surface area contributed by atoms with E-state index in [-0.39, 0.29) is 5.91 Å². The highest BCUT2D eigenvalue weighted by Crippen LogP contribution is 2.14. The molecule has 1 amide bonds. The van der Waals surface area contributed by atoms with Crippen molar-refractivity contribution in [2.45, 2.75) is 19.8 Å². The van der Waals surface area contributed by atoms with E-state index in [0.717, 1.165) is 56.2 Å². The van der Waals surface area contributed by atoms with Gasteiger partial charge in [0.05, 0.1) is 17.9 Å². The number of hydrogen-bond donors (Lipinski definition) is 1. The highest BCUT2D eigenvalue weighted by Gasteiger charge is 2.19. The molecule has 1 fully saturated rings. The zero-order chi connectivity index (χ0) is 21.5. The molecule has 1 N–H and O–H groups in total. The fourth-order valence-electron chi connectivity index (χ4n) is 3.90. The molecule has 1 aliphatic heterocycles. The van der Waals surface area contributed by atoms with Gasteiger partial charge >= 0.3 is 0 Å². The van der Waals surface area contributed by atoms with Gasteiger partial charge in [0.2, 0.25) is 5.91 Å². The summed E-state index contributed by atoms with van der Waals surface area (Å²) in [4.78, 5) is 21.2. The van der Waals surface area contributed by atoms with Crippen LogP contribution in [0.1, 0.15) is 17.7 Å². The molecule has 0 unspecified atom stereocenters. The summed E-state index contributed by atoms with van der Waals surface area (Å²) >= 11 is 0. The Kier molecular flexibility index (Phi) is 6.94. The molecule has 0 aliphatic carbocycles. The number of nitrogens with one attached hydrogen (secondary N) is 1. The van der Waals surface area contributed by atoms with E-state index in [2.05, 4.69) is 31.4 Å². The maximum Gasteiger partial charge on any atom is 0.234 e. The van der Waals surface area contributed by atoms with E-state index in [1.807, 2.05) is 66.3 Å². The first kappa shape index (κ1) is 21.1. The van der Waals surface area contributed by atoms with Crippen LogP contribution in [0.5, 0.6) is 0 Å². The number of amides is 1. The van der Waals surface area contributed by atoms with Crippen LogP contribution in [0.2, 0.25) is 0 Å². The van der Waals surface area contributed by atoms with Crippen LogP contribution in [0.4, 0.5) is 5.82 Å². The Hall–Kier alpha value is -3.19. The minimum Gasteiger partial charge on any atom is -0.355 e. The van der Waals surface area contributed by atoms with Crippen LogP contribution >= 0.6 is 0 Å². The van der Waals surface area contributed by atoms with Gasteiger partial charge in [0.25, 0.3) is 0 Å². The lowest BCUT2D eigenvalue weighted by atomic mass is 10.1. The summed E-state index contributed by atoms with van der Waals surface area (Å²) in [5.41, 5.74) is 3.33. The zero-order valence-corrected chi connectivity index (χ0v) is 18.1. The average molecular weight is 419 g/mol. The lowest BCUT2D eigenvalue weighted by Gasteiger charge is -2.34. The molecule has 2 aromatic heterocycles. The van der Waals surface area contributed by atoms with Crippen molar-refractivity contribution in [2.24, 2.45) is 0 Å². The number of para-hydroxylation sites is 1. The Labute approximate surface area is 183 Å². The molecule has 0 bridgehead atoms. The third-order valence-corrected chi connectivity index (χ3v) is 5.68. The predicted octanol–water partition coefficient (Wildman–Crippen LogP) is 2.45. The molecule has 0 radical (unpaired) electrons. The van der Waals surface area contributed by atoms with Crippen molar-refractivity contribution in [3.05, 3.63) is 72.2 Å². The molecule has 3 aromatic rings. The summed E-state index contributed by atoms with van der Waals surface area (Å²) in [5.74, 6) is 1.11. The molecule has 31 heavy (non-hydrogen) atoms. The van der Waals surface area contributed by atoms with Crippen LogP contribution in [0.15, 0.2) is 60.9 Å². The second kappa shape index (κ2) is 10.2. The maximum atomic E-state index is 12.3. The Morgan fingerprint density at radius 2 is 1.81 bits per heavy atom. The van der Waals surface area contributed by atoms with Gasteiger partial charge in [-0.25, -0.2) is 9.67 Å². The monoisotopic (exact) mass is 418 g/mol. The first-order valence-corrected chi connectivity index (χ1v) is 10.9. The molecule has 7 heteroatoms. The lowest BCUT2D eigenvalue weighted by molar-refractivity contribution is -0.122. The summed E-state index contributed by atoms with van der Waals surface area (Å²) in [7, 11) is 0. The number of aromatic nitrogens is 3. The number of nitrogens with zero attached hydrogens (tertiary/aromatic N) is 5. The minimum atomic E-state index is 0.1000. The molecule has 1 aromatic carbocycles. The summed E-state index contributed by atoms with van der Waals surface area (Å²) in [6, 6.07) is 16.1. The predicted molar refractivity (Wildman–Crippen MR) is 123 cm³/mol. The second-order valence-corrected chi connectivity index (χ2v) is 7.92. The standard InChI is InChI=1S/C24H30N6O/c1-20-21(18-30(27-20)22-9-3-2-4-10-22)8-7-13-26-24(31)19-28-14-16-29(17-15-28)23-11-5-6-12-25-23/h2-6,9-12,18H,7-8,13-17,19H2,1H3,(H,26,31). The number of benzene rings is 1. The summed E-state index contributed by atoms with van der Waals surface area (Å²) < 4.78 is 1.92. The molecule has 0 saturated carbocycles. The van der Waals surface area contributed by atoms with E-state index >= 15 is 0 Å². The maximum absolute atomic E-state index is 12.3. The Balaban J connectivity index is 1.16. The smallest absolute Gasteiger partial charge is 0.234 e. The van der Waals surface area contributed by atoms with Crippen molar-refractivity contribution in [3.8, 4) is 5.69 Å². The molecule has 4 rings (SSSR count). The summed E-state index contributed by atoms with van der Waals surface area (Å²) in [6.45, 7) is 6.73. The van der Waals surface area contributed by atoms with Gasteiger partial charge in [-0.2, -0.15) is 5.10 Å². The molecule has 7 nitrogen and oxygen atoms in total. The van der Waals surface area contributed by atoms with Crippen LogP contribution in [-0.4, -0.2) is 64.8 Å². The third kappa shape index (κ3) is 5.70. The van der Waals surface area contributed by atoms with Crippen molar-refractivity contribution in [1.29, 1.82) is 0 Å².